The van der Waals surface area contributed by atoms with E-state index in [0.29, 0.717) is 10.6 Å². The molecule has 2 aromatic rings. The number of carboxylic acid groups (broad SMARTS) is 1. The van der Waals surface area contributed by atoms with Gasteiger partial charge in [-0.2, -0.15) is 0 Å². The van der Waals surface area contributed by atoms with E-state index in [1.165, 1.54) is 11.3 Å². The maximum absolute atomic E-state index is 10.8. The Hall–Kier alpha value is -1.59. The van der Waals surface area contributed by atoms with E-state index >= 15 is 0 Å². The van der Waals surface area contributed by atoms with E-state index in [1.54, 1.807) is 18.2 Å². The van der Waals surface area contributed by atoms with Gasteiger partial charge < -0.3 is 14.9 Å². The van der Waals surface area contributed by atoms with E-state index in [-0.39, 0.29) is 13.2 Å². The van der Waals surface area contributed by atoms with Gasteiger partial charge in [0.2, 0.25) is 0 Å². The molecule has 0 aliphatic heterocycles. The van der Waals surface area contributed by atoms with Gasteiger partial charge in [-0.25, -0.2) is 4.79 Å². The molecule has 0 unspecified atom stereocenters. The van der Waals surface area contributed by atoms with Crippen molar-refractivity contribution in [2.24, 2.45) is 0 Å². The fraction of sp³-hybridized carbons (Fsp3) is 0.182. The maximum Gasteiger partial charge on any atom is 0.345 e. The summed E-state index contributed by atoms with van der Waals surface area (Å²) in [6, 6.07) is 6.97. The molecule has 2 N–H and O–H groups in total. The van der Waals surface area contributed by atoms with Crippen molar-refractivity contribution in [2.75, 3.05) is 13.2 Å². The standard InChI is InChI=1S/C11H10O4S/c12-3-4-15-8-1-2-9-7(5-8)6-10(16-9)11(13)14/h1-2,5-6,12H,3-4H2,(H,13,14). The molecule has 1 aromatic heterocycles. The molecule has 0 atom stereocenters. The number of benzene rings is 1. The van der Waals surface area contributed by atoms with Crippen LogP contribution in [0.4, 0.5) is 0 Å². The van der Waals surface area contributed by atoms with Crippen LogP contribution in [0.2, 0.25) is 0 Å². The number of fused-ring (bicyclic) bond motifs is 1. The number of carbonyl (C=O) groups is 1. The van der Waals surface area contributed by atoms with E-state index < -0.39 is 5.97 Å². The lowest BCUT2D eigenvalue weighted by molar-refractivity contribution is 0.0702. The quantitative estimate of drug-likeness (QED) is 0.854. The van der Waals surface area contributed by atoms with Crippen LogP contribution in [0.3, 0.4) is 0 Å². The first kappa shape index (κ1) is 10.9. The average molecular weight is 238 g/mol. The molecule has 0 saturated carbocycles. The van der Waals surface area contributed by atoms with E-state index in [0.717, 1.165) is 10.1 Å². The monoisotopic (exact) mass is 238 g/mol. The summed E-state index contributed by atoms with van der Waals surface area (Å²) in [5.74, 6) is -0.282. The average Bonchev–Trinajstić information content (AvgIpc) is 2.69. The van der Waals surface area contributed by atoms with Crippen molar-refractivity contribution in [1.29, 1.82) is 0 Å². The van der Waals surface area contributed by atoms with Crippen molar-refractivity contribution in [3.8, 4) is 5.75 Å². The smallest absolute Gasteiger partial charge is 0.345 e. The second kappa shape index (κ2) is 4.51. The molecule has 4 nitrogen and oxygen atoms in total. The minimum absolute atomic E-state index is 0.0396. The van der Waals surface area contributed by atoms with E-state index in [1.807, 2.05) is 6.07 Å². The summed E-state index contributed by atoms with van der Waals surface area (Å²) in [6.07, 6.45) is 0. The van der Waals surface area contributed by atoms with Gasteiger partial charge in [0, 0.05) is 4.70 Å². The molecule has 0 aliphatic rings. The molecule has 16 heavy (non-hydrogen) atoms. The number of aromatic carboxylic acids is 1. The Balaban J connectivity index is 2.34. The summed E-state index contributed by atoms with van der Waals surface area (Å²) in [7, 11) is 0. The van der Waals surface area contributed by atoms with Crippen LogP contribution in [0.25, 0.3) is 10.1 Å². The van der Waals surface area contributed by atoms with Crippen molar-refractivity contribution >= 4 is 27.4 Å². The zero-order valence-electron chi connectivity index (χ0n) is 8.34. The summed E-state index contributed by atoms with van der Waals surface area (Å²) in [5.41, 5.74) is 0. The van der Waals surface area contributed by atoms with E-state index in [2.05, 4.69) is 0 Å². The number of carboxylic acids is 1. The first-order valence-electron chi connectivity index (χ1n) is 4.71. The maximum atomic E-state index is 10.8. The third kappa shape index (κ3) is 2.15. The molecule has 0 spiro atoms. The molecule has 0 radical (unpaired) electrons. The van der Waals surface area contributed by atoms with Crippen molar-refractivity contribution in [3.63, 3.8) is 0 Å². The van der Waals surface area contributed by atoms with Crippen LogP contribution in [0.1, 0.15) is 9.67 Å². The minimum atomic E-state index is -0.918. The number of rotatable bonds is 4. The fourth-order valence-corrected chi connectivity index (χ4v) is 2.26. The van der Waals surface area contributed by atoms with Gasteiger partial charge in [-0.3, -0.25) is 0 Å². The van der Waals surface area contributed by atoms with Crippen LogP contribution in [-0.4, -0.2) is 29.4 Å². The molecule has 5 heteroatoms. The van der Waals surface area contributed by atoms with Crippen molar-refractivity contribution in [3.05, 3.63) is 29.1 Å². The fourth-order valence-electron chi connectivity index (χ4n) is 1.38. The van der Waals surface area contributed by atoms with Gasteiger partial charge >= 0.3 is 5.97 Å². The Bertz CT molecular complexity index is 518. The Morgan fingerprint density at radius 3 is 2.88 bits per heavy atom. The third-order valence-corrected chi connectivity index (χ3v) is 3.16. The summed E-state index contributed by atoms with van der Waals surface area (Å²) in [6.45, 7) is 0.198. The molecule has 2 rings (SSSR count). The van der Waals surface area contributed by atoms with Gasteiger partial charge in [0.25, 0.3) is 0 Å². The van der Waals surface area contributed by atoms with Gasteiger partial charge in [0.05, 0.1) is 6.61 Å². The van der Waals surface area contributed by atoms with Crippen molar-refractivity contribution in [2.45, 2.75) is 0 Å². The first-order chi connectivity index (χ1) is 7.70. The highest BCUT2D eigenvalue weighted by Gasteiger charge is 2.08. The predicted octanol–water partition coefficient (Wildman–Crippen LogP) is 1.97. The lowest BCUT2D eigenvalue weighted by Gasteiger charge is -2.02. The number of thiophene rings is 1. The number of hydrogen-bond donors (Lipinski definition) is 2. The largest absolute Gasteiger partial charge is 0.491 e. The minimum Gasteiger partial charge on any atom is -0.491 e. The second-order valence-corrected chi connectivity index (χ2v) is 4.27. The topological polar surface area (TPSA) is 66.8 Å². The molecule has 1 heterocycles. The highest BCUT2D eigenvalue weighted by Crippen LogP contribution is 2.28. The highest BCUT2D eigenvalue weighted by molar-refractivity contribution is 7.20. The second-order valence-electron chi connectivity index (χ2n) is 3.19. The predicted molar refractivity (Wildman–Crippen MR) is 61.4 cm³/mol. The van der Waals surface area contributed by atoms with Gasteiger partial charge in [0.15, 0.2) is 0 Å². The normalized spacial score (nSPS) is 10.6. The van der Waals surface area contributed by atoms with Crippen LogP contribution in [0.5, 0.6) is 5.75 Å². The van der Waals surface area contributed by atoms with Crippen LogP contribution < -0.4 is 4.74 Å². The Morgan fingerprint density at radius 2 is 2.19 bits per heavy atom. The summed E-state index contributed by atoms with van der Waals surface area (Å²) in [4.78, 5) is 11.1. The van der Waals surface area contributed by atoms with Crippen LogP contribution >= 0.6 is 11.3 Å². The van der Waals surface area contributed by atoms with E-state index in [4.69, 9.17) is 14.9 Å². The molecule has 0 amide bonds. The van der Waals surface area contributed by atoms with Crippen LogP contribution in [-0.2, 0) is 0 Å². The molecule has 0 bridgehead atoms. The highest BCUT2D eigenvalue weighted by atomic mass is 32.1. The van der Waals surface area contributed by atoms with Gasteiger partial charge in [-0.05, 0) is 29.7 Å². The Morgan fingerprint density at radius 1 is 1.38 bits per heavy atom. The molecule has 1 aromatic carbocycles. The Kier molecular flexibility index (Phi) is 3.07. The first-order valence-corrected chi connectivity index (χ1v) is 5.53. The van der Waals surface area contributed by atoms with Crippen LogP contribution in [0.15, 0.2) is 24.3 Å². The molecule has 0 aliphatic carbocycles. The number of hydrogen-bond acceptors (Lipinski definition) is 4. The molecule has 84 valence electrons. The number of aliphatic hydroxyl groups is 1. The van der Waals surface area contributed by atoms with Gasteiger partial charge in [0.1, 0.15) is 17.2 Å². The number of aliphatic hydroxyl groups excluding tert-OH is 1. The van der Waals surface area contributed by atoms with E-state index in [9.17, 15) is 4.79 Å². The zero-order valence-corrected chi connectivity index (χ0v) is 9.16. The lowest BCUT2D eigenvalue weighted by atomic mass is 10.2. The summed E-state index contributed by atoms with van der Waals surface area (Å²) in [5, 5.41) is 18.3. The zero-order chi connectivity index (χ0) is 11.5. The van der Waals surface area contributed by atoms with Gasteiger partial charge in [-0.15, -0.1) is 11.3 Å². The Labute approximate surface area is 95.7 Å². The SMILES string of the molecule is O=C(O)c1cc2cc(OCCO)ccc2s1. The summed E-state index contributed by atoms with van der Waals surface area (Å²) < 4.78 is 6.15. The van der Waals surface area contributed by atoms with Crippen molar-refractivity contribution in [1.82, 2.24) is 0 Å². The lowest BCUT2D eigenvalue weighted by Crippen LogP contribution is -2.00. The number of ether oxygens (including phenoxy) is 1. The third-order valence-electron chi connectivity index (χ3n) is 2.06. The molecular formula is C11H10O4S. The summed E-state index contributed by atoms with van der Waals surface area (Å²) >= 11 is 1.23. The van der Waals surface area contributed by atoms with Gasteiger partial charge in [-0.1, -0.05) is 0 Å². The van der Waals surface area contributed by atoms with Crippen molar-refractivity contribution < 1.29 is 19.7 Å². The molecular weight excluding hydrogens is 228 g/mol. The molecule has 0 saturated heterocycles. The molecule has 0 fully saturated rings. The van der Waals surface area contributed by atoms with Crippen LogP contribution in [0, 0.1) is 0 Å².